The van der Waals surface area contributed by atoms with Gasteiger partial charge in [-0.2, -0.15) is 0 Å². The van der Waals surface area contributed by atoms with Crippen molar-refractivity contribution in [1.82, 2.24) is 5.16 Å². The normalized spacial score (nSPS) is 9.43. The maximum absolute atomic E-state index is 5.33. The van der Waals surface area contributed by atoms with E-state index in [-0.39, 0.29) is 5.22 Å². The molecule has 0 amide bonds. The molecule has 3 heteroatoms. The van der Waals surface area contributed by atoms with Crippen LogP contribution in [0.3, 0.4) is 0 Å². The Morgan fingerprint density at radius 2 is 2.57 bits per heavy atom. The molecule has 0 aliphatic heterocycles. The molecule has 7 heavy (non-hydrogen) atoms. The van der Waals surface area contributed by atoms with Crippen molar-refractivity contribution in [1.29, 1.82) is 0 Å². The Kier molecular flexibility index (Phi) is 1.02. The summed E-state index contributed by atoms with van der Waals surface area (Å²) >= 11 is 5.33. The first kappa shape index (κ1) is 4.65. The molecule has 0 bridgehead atoms. The first-order valence-electron chi connectivity index (χ1n) is 1.73. The van der Waals surface area contributed by atoms with Crippen LogP contribution in [0.1, 0.15) is 5.56 Å². The Balaban J connectivity index is 3.12. The van der Waals surface area contributed by atoms with E-state index in [4.69, 9.17) is 11.6 Å². The second kappa shape index (κ2) is 1.54. The van der Waals surface area contributed by atoms with Crippen LogP contribution in [-0.2, 0) is 0 Å². The number of hydrogen-bond donors (Lipinski definition) is 0. The molecule has 0 atom stereocenters. The zero-order valence-corrected chi connectivity index (χ0v) is 4.27. The molecule has 1 rings (SSSR count). The Morgan fingerprint density at radius 3 is 2.71 bits per heavy atom. The van der Waals surface area contributed by atoms with E-state index in [1.54, 1.807) is 0 Å². The molecule has 0 aliphatic carbocycles. The van der Waals surface area contributed by atoms with Crippen LogP contribution in [0.25, 0.3) is 0 Å². The fourth-order valence-electron chi connectivity index (χ4n) is 0.246. The number of aromatic nitrogens is 1. The number of nitrogens with zero attached hydrogens (tertiary/aromatic N) is 1. The fraction of sp³-hybridized carbons (Fsp3) is 0. The standard InChI is InChI=1S/C4H3ClNO/c1-3-2-6-7-4(3)5/h2H,1H2. The van der Waals surface area contributed by atoms with Crippen LogP contribution in [0.2, 0.25) is 5.22 Å². The summed E-state index contributed by atoms with van der Waals surface area (Å²) in [4.78, 5) is 0. The topological polar surface area (TPSA) is 26.0 Å². The summed E-state index contributed by atoms with van der Waals surface area (Å²) in [6, 6.07) is 0. The molecular weight excluding hydrogens is 114 g/mol. The second-order valence-corrected chi connectivity index (χ2v) is 1.47. The number of rotatable bonds is 0. The average Bonchev–Trinajstić information content (AvgIpc) is 1.91. The minimum Gasteiger partial charge on any atom is -0.344 e. The van der Waals surface area contributed by atoms with Gasteiger partial charge in [0, 0.05) is 5.56 Å². The lowest BCUT2D eigenvalue weighted by atomic mass is 10.4. The highest BCUT2D eigenvalue weighted by Gasteiger charge is 1.94. The monoisotopic (exact) mass is 116 g/mol. The Labute approximate surface area is 46.1 Å². The summed E-state index contributed by atoms with van der Waals surface area (Å²) < 4.78 is 4.42. The van der Waals surface area contributed by atoms with Gasteiger partial charge < -0.3 is 4.52 Å². The smallest absolute Gasteiger partial charge is 0.229 e. The highest BCUT2D eigenvalue weighted by molar-refractivity contribution is 6.29. The first-order valence-corrected chi connectivity index (χ1v) is 2.10. The van der Waals surface area contributed by atoms with Crippen molar-refractivity contribution in [2.24, 2.45) is 0 Å². The molecule has 0 aromatic carbocycles. The van der Waals surface area contributed by atoms with Crippen LogP contribution in [0.4, 0.5) is 0 Å². The molecule has 0 fully saturated rings. The van der Waals surface area contributed by atoms with Crippen molar-refractivity contribution in [3.05, 3.63) is 23.9 Å². The third-order valence-electron chi connectivity index (χ3n) is 0.594. The van der Waals surface area contributed by atoms with Crippen LogP contribution >= 0.6 is 11.6 Å². The van der Waals surface area contributed by atoms with E-state index in [1.807, 2.05) is 0 Å². The summed E-state index contributed by atoms with van der Waals surface area (Å²) in [6.07, 6.45) is 1.46. The Morgan fingerprint density at radius 1 is 1.86 bits per heavy atom. The molecule has 0 aliphatic rings. The number of halogens is 1. The lowest BCUT2D eigenvalue weighted by molar-refractivity contribution is 0.421. The molecule has 1 aromatic heterocycles. The van der Waals surface area contributed by atoms with Gasteiger partial charge in [-0.1, -0.05) is 5.16 Å². The lowest BCUT2D eigenvalue weighted by Gasteiger charge is -1.72. The summed E-state index contributed by atoms with van der Waals surface area (Å²) in [6.45, 7) is 3.49. The molecule has 0 saturated heterocycles. The van der Waals surface area contributed by atoms with Crippen LogP contribution in [0, 0.1) is 6.92 Å². The van der Waals surface area contributed by atoms with Crippen molar-refractivity contribution in [2.75, 3.05) is 0 Å². The van der Waals surface area contributed by atoms with Crippen molar-refractivity contribution in [2.45, 2.75) is 0 Å². The van der Waals surface area contributed by atoms with E-state index >= 15 is 0 Å². The van der Waals surface area contributed by atoms with Gasteiger partial charge in [-0.15, -0.1) is 0 Å². The van der Waals surface area contributed by atoms with Gasteiger partial charge in [-0.05, 0) is 18.5 Å². The third kappa shape index (κ3) is 0.747. The Bertz CT molecular complexity index is 144. The molecule has 1 radical (unpaired) electrons. The van der Waals surface area contributed by atoms with Gasteiger partial charge in [0.15, 0.2) is 0 Å². The van der Waals surface area contributed by atoms with E-state index in [2.05, 4.69) is 16.6 Å². The minimum absolute atomic E-state index is 0.264. The van der Waals surface area contributed by atoms with E-state index < -0.39 is 0 Å². The maximum Gasteiger partial charge on any atom is 0.229 e. The zero-order valence-electron chi connectivity index (χ0n) is 3.52. The highest BCUT2D eigenvalue weighted by atomic mass is 35.5. The molecule has 0 N–H and O–H groups in total. The summed E-state index contributed by atoms with van der Waals surface area (Å²) in [5, 5.41) is 3.62. The van der Waals surface area contributed by atoms with E-state index in [9.17, 15) is 0 Å². The maximum atomic E-state index is 5.33. The van der Waals surface area contributed by atoms with E-state index in [0.29, 0.717) is 5.56 Å². The fourth-order valence-corrected chi connectivity index (χ4v) is 0.334. The molecule has 0 unspecified atom stereocenters. The molecular formula is C4H3ClNO. The molecule has 1 heterocycles. The van der Waals surface area contributed by atoms with Crippen LogP contribution in [-0.4, -0.2) is 5.16 Å². The lowest BCUT2D eigenvalue weighted by Crippen LogP contribution is -1.56. The van der Waals surface area contributed by atoms with E-state index in [0.717, 1.165) is 0 Å². The first-order chi connectivity index (χ1) is 3.30. The van der Waals surface area contributed by atoms with Crippen molar-refractivity contribution in [3.63, 3.8) is 0 Å². The SMILES string of the molecule is [CH2]c1cnoc1Cl. The predicted molar refractivity (Wildman–Crippen MR) is 26.0 cm³/mol. The van der Waals surface area contributed by atoms with E-state index in [1.165, 1.54) is 6.20 Å². The highest BCUT2D eigenvalue weighted by Crippen LogP contribution is 2.10. The van der Waals surface area contributed by atoms with Gasteiger partial charge in [0.1, 0.15) is 0 Å². The zero-order chi connectivity index (χ0) is 5.28. The predicted octanol–water partition coefficient (Wildman–Crippen LogP) is 1.51. The molecule has 2 nitrogen and oxygen atoms in total. The van der Waals surface area contributed by atoms with Gasteiger partial charge >= 0.3 is 0 Å². The van der Waals surface area contributed by atoms with Gasteiger partial charge in [-0.3, -0.25) is 0 Å². The van der Waals surface area contributed by atoms with Crippen molar-refractivity contribution in [3.8, 4) is 0 Å². The second-order valence-electron chi connectivity index (χ2n) is 1.12. The Hall–Kier alpha value is -0.500. The molecule has 0 spiro atoms. The molecule has 1 aromatic rings. The quantitative estimate of drug-likeness (QED) is 0.514. The van der Waals surface area contributed by atoms with Crippen LogP contribution in [0.15, 0.2) is 10.7 Å². The van der Waals surface area contributed by atoms with Gasteiger partial charge in [0.05, 0.1) is 6.20 Å². The summed E-state index contributed by atoms with van der Waals surface area (Å²) in [5.41, 5.74) is 0.627. The minimum atomic E-state index is 0.264. The van der Waals surface area contributed by atoms with Gasteiger partial charge in [0.2, 0.25) is 5.22 Å². The molecule has 0 saturated carbocycles. The average molecular weight is 117 g/mol. The largest absolute Gasteiger partial charge is 0.344 e. The van der Waals surface area contributed by atoms with Crippen LogP contribution in [0.5, 0.6) is 0 Å². The van der Waals surface area contributed by atoms with Gasteiger partial charge in [0.25, 0.3) is 0 Å². The molecule has 37 valence electrons. The van der Waals surface area contributed by atoms with Gasteiger partial charge in [-0.25, -0.2) is 0 Å². The van der Waals surface area contributed by atoms with Crippen molar-refractivity contribution >= 4 is 11.6 Å². The number of hydrogen-bond acceptors (Lipinski definition) is 2. The van der Waals surface area contributed by atoms with Crippen molar-refractivity contribution < 1.29 is 4.52 Å². The third-order valence-corrected chi connectivity index (χ3v) is 0.906. The van der Waals surface area contributed by atoms with Crippen LogP contribution < -0.4 is 0 Å². The summed E-state index contributed by atoms with van der Waals surface area (Å²) in [5.74, 6) is 0. The summed E-state index contributed by atoms with van der Waals surface area (Å²) in [7, 11) is 0.